The van der Waals surface area contributed by atoms with Crippen molar-refractivity contribution in [3.8, 4) is 0 Å². The van der Waals surface area contributed by atoms with Gasteiger partial charge in [0.25, 0.3) is 5.69 Å². The average Bonchev–Trinajstić information content (AvgIpc) is 2.42. The minimum absolute atomic E-state index is 0.0843. The summed E-state index contributed by atoms with van der Waals surface area (Å²) in [6.45, 7) is 0. The second-order valence-electron chi connectivity index (χ2n) is 4.09. The summed E-state index contributed by atoms with van der Waals surface area (Å²) in [5.74, 6) is -0.313. The molecule has 0 aliphatic carbocycles. The summed E-state index contributed by atoms with van der Waals surface area (Å²) in [6, 6.07) is 10.8. The first-order valence-electron chi connectivity index (χ1n) is 5.70. The molecule has 4 nitrogen and oxygen atoms in total. The molecule has 0 N–H and O–H groups in total. The number of nitro groups is 1. The molecule has 0 fully saturated rings. The summed E-state index contributed by atoms with van der Waals surface area (Å²) in [6.07, 6.45) is -0.1000. The zero-order chi connectivity index (χ0) is 14.7. The fourth-order valence-corrected chi connectivity index (χ4v) is 2.23. The summed E-state index contributed by atoms with van der Waals surface area (Å²) < 4.78 is 0. The quantitative estimate of drug-likeness (QED) is 0.480. The van der Waals surface area contributed by atoms with Crippen LogP contribution in [0.4, 0.5) is 5.69 Å². The number of carbonyl (C=O) groups excluding carboxylic acids is 1. The van der Waals surface area contributed by atoms with E-state index in [1.54, 1.807) is 36.4 Å². The second kappa shape index (κ2) is 6.03. The molecule has 0 aliphatic rings. The highest BCUT2D eigenvalue weighted by Gasteiger charge is 2.18. The first-order valence-corrected chi connectivity index (χ1v) is 6.46. The van der Waals surface area contributed by atoms with Gasteiger partial charge in [-0.3, -0.25) is 14.9 Å². The van der Waals surface area contributed by atoms with E-state index in [0.717, 1.165) is 0 Å². The van der Waals surface area contributed by atoms with Crippen LogP contribution >= 0.6 is 23.2 Å². The van der Waals surface area contributed by atoms with Gasteiger partial charge in [0.15, 0.2) is 5.78 Å². The van der Waals surface area contributed by atoms with Gasteiger partial charge in [0.2, 0.25) is 0 Å². The van der Waals surface area contributed by atoms with E-state index < -0.39 is 4.92 Å². The van der Waals surface area contributed by atoms with E-state index in [9.17, 15) is 14.9 Å². The van der Waals surface area contributed by atoms with Gasteiger partial charge in [-0.1, -0.05) is 47.5 Å². The Morgan fingerprint density at radius 2 is 1.80 bits per heavy atom. The molecule has 0 aromatic heterocycles. The molecule has 2 aromatic rings. The van der Waals surface area contributed by atoms with Crippen LogP contribution in [0.5, 0.6) is 0 Å². The molecule has 0 unspecified atom stereocenters. The van der Waals surface area contributed by atoms with Crippen molar-refractivity contribution >= 4 is 34.7 Å². The number of hydrogen-bond acceptors (Lipinski definition) is 3. The molecule has 0 atom stereocenters. The molecular weight excluding hydrogens is 301 g/mol. The first-order chi connectivity index (χ1) is 9.50. The van der Waals surface area contributed by atoms with Crippen LogP contribution in [0.2, 0.25) is 10.0 Å². The van der Waals surface area contributed by atoms with E-state index in [-0.39, 0.29) is 33.5 Å². The lowest BCUT2D eigenvalue weighted by atomic mass is 10.0. The maximum absolute atomic E-state index is 12.2. The smallest absolute Gasteiger partial charge is 0.273 e. The number of Topliss-reactive ketones (excluding diaryl/α,β-unsaturated/α-hetero) is 1. The van der Waals surface area contributed by atoms with Gasteiger partial charge < -0.3 is 0 Å². The molecule has 0 aliphatic heterocycles. The maximum atomic E-state index is 12.2. The van der Waals surface area contributed by atoms with Crippen molar-refractivity contribution in [2.24, 2.45) is 0 Å². The zero-order valence-corrected chi connectivity index (χ0v) is 11.7. The highest BCUT2D eigenvalue weighted by atomic mass is 35.5. The Balaban J connectivity index is 2.33. The van der Waals surface area contributed by atoms with Crippen LogP contribution in [0, 0.1) is 10.1 Å². The van der Waals surface area contributed by atoms with Crippen LogP contribution < -0.4 is 0 Å². The molecular formula is C14H9Cl2NO3. The molecule has 0 radical (unpaired) electrons. The van der Waals surface area contributed by atoms with E-state index in [0.29, 0.717) is 5.56 Å². The third-order valence-corrected chi connectivity index (χ3v) is 3.61. The van der Waals surface area contributed by atoms with Crippen molar-refractivity contribution in [2.45, 2.75) is 6.42 Å². The second-order valence-corrected chi connectivity index (χ2v) is 4.87. The number of carbonyl (C=O) groups is 1. The standard InChI is InChI=1S/C14H9Cl2NO3/c15-11-6-3-5-10(14(11)16)13(18)8-9-4-1-2-7-12(9)17(19)20/h1-7H,8H2. The van der Waals surface area contributed by atoms with Gasteiger partial charge in [0.05, 0.1) is 15.0 Å². The van der Waals surface area contributed by atoms with Gasteiger partial charge in [-0.15, -0.1) is 0 Å². The number of benzene rings is 2. The molecule has 102 valence electrons. The summed E-state index contributed by atoms with van der Waals surface area (Å²) in [4.78, 5) is 22.6. The SMILES string of the molecule is O=C(Cc1ccccc1[N+](=O)[O-])c1cccc(Cl)c1Cl. The van der Waals surface area contributed by atoms with Crippen LogP contribution in [0.25, 0.3) is 0 Å². The maximum Gasteiger partial charge on any atom is 0.273 e. The molecule has 0 saturated carbocycles. The Kier molecular flexibility index (Phi) is 4.37. The molecule has 0 heterocycles. The highest BCUT2D eigenvalue weighted by Crippen LogP contribution is 2.27. The third-order valence-electron chi connectivity index (χ3n) is 2.79. The molecule has 20 heavy (non-hydrogen) atoms. The van der Waals surface area contributed by atoms with Crippen LogP contribution in [-0.2, 0) is 6.42 Å². The number of nitro benzene ring substituents is 1. The highest BCUT2D eigenvalue weighted by molar-refractivity contribution is 6.43. The number of para-hydroxylation sites is 1. The fraction of sp³-hybridized carbons (Fsp3) is 0.0714. The number of nitrogens with zero attached hydrogens (tertiary/aromatic N) is 1. The van der Waals surface area contributed by atoms with Crippen LogP contribution in [0.1, 0.15) is 15.9 Å². The molecule has 6 heteroatoms. The lowest BCUT2D eigenvalue weighted by molar-refractivity contribution is -0.385. The molecule has 2 rings (SSSR count). The number of rotatable bonds is 4. The summed E-state index contributed by atoms with van der Waals surface area (Å²) in [5.41, 5.74) is 0.523. The molecule has 0 spiro atoms. The minimum Gasteiger partial charge on any atom is -0.294 e. The number of halogens is 2. The minimum atomic E-state index is -0.512. The summed E-state index contributed by atoms with van der Waals surface area (Å²) in [7, 11) is 0. The summed E-state index contributed by atoms with van der Waals surface area (Å²) in [5, 5.41) is 11.4. The van der Waals surface area contributed by atoms with Crippen molar-refractivity contribution in [3.05, 3.63) is 73.8 Å². The number of ketones is 1. The largest absolute Gasteiger partial charge is 0.294 e. The van der Waals surface area contributed by atoms with Crippen molar-refractivity contribution < 1.29 is 9.72 Å². The van der Waals surface area contributed by atoms with E-state index in [2.05, 4.69) is 0 Å². The molecule has 0 amide bonds. The van der Waals surface area contributed by atoms with E-state index >= 15 is 0 Å². The Labute approximate surface area is 125 Å². The Hall–Kier alpha value is -1.91. The lowest BCUT2D eigenvalue weighted by Crippen LogP contribution is -2.06. The van der Waals surface area contributed by atoms with Gasteiger partial charge in [-0.25, -0.2) is 0 Å². The average molecular weight is 310 g/mol. The predicted octanol–water partition coefficient (Wildman–Crippen LogP) is 4.33. The molecule has 0 bridgehead atoms. The van der Waals surface area contributed by atoms with Crippen LogP contribution in [0.15, 0.2) is 42.5 Å². The van der Waals surface area contributed by atoms with Gasteiger partial charge in [0, 0.05) is 23.6 Å². The van der Waals surface area contributed by atoms with Crippen molar-refractivity contribution in [1.29, 1.82) is 0 Å². The fourth-order valence-electron chi connectivity index (χ4n) is 1.83. The predicted molar refractivity (Wildman–Crippen MR) is 77.6 cm³/mol. The third kappa shape index (κ3) is 2.98. The van der Waals surface area contributed by atoms with Crippen molar-refractivity contribution in [3.63, 3.8) is 0 Å². The molecule has 0 saturated heterocycles. The van der Waals surface area contributed by atoms with Crippen LogP contribution in [0.3, 0.4) is 0 Å². The number of hydrogen-bond donors (Lipinski definition) is 0. The van der Waals surface area contributed by atoms with Gasteiger partial charge in [-0.05, 0) is 12.1 Å². The van der Waals surface area contributed by atoms with E-state index in [1.807, 2.05) is 0 Å². The van der Waals surface area contributed by atoms with Crippen molar-refractivity contribution in [1.82, 2.24) is 0 Å². The van der Waals surface area contributed by atoms with E-state index in [4.69, 9.17) is 23.2 Å². The Bertz CT molecular complexity index is 686. The first kappa shape index (κ1) is 14.5. The normalized spacial score (nSPS) is 10.3. The molecule has 2 aromatic carbocycles. The lowest BCUT2D eigenvalue weighted by Gasteiger charge is -2.05. The van der Waals surface area contributed by atoms with Gasteiger partial charge >= 0.3 is 0 Å². The Morgan fingerprint density at radius 1 is 1.10 bits per heavy atom. The van der Waals surface area contributed by atoms with E-state index in [1.165, 1.54) is 6.07 Å². The topological polar surface area (TPSA) is 60.2 Å². The monoisotopic (exact) mass is 309 g/mol. The van der Waals surface area contributed by atoms with Gasteiger partial charge in [-0.2, -0.15) is 0 Å². The summed E-state index contributed by atoms with van der Waals surface area (Å²) >= 11 is 11.8. The van der Waals surface area contributed by atoms with Crippen LogP contribution in [-0.4, -0.2) is 10.7 Å². The van der Waals surface area contributed by atoms with Crippen molar-refractivity contribution in [2.75, 3.05) is 0 Å². The van der Waals surface area contributed by atoms with Gasteiger partial charge in [0.1, 0.15) is 0 Å². The Morgan fingerprint density at radius 3 is 2.50 bits per heavy atom. The zero-order valence-electron chi connectivity index (χ0n) is 10.2.